The number of hydrogen-bond donors (Lipinski definition) is 2. The molecule has 1 amide bonds. The van der Waals surface area contributed by atoms with Crippen LogP contribution in [-0.2, 0) is 4.79 Å². The van der Waals surface area contributed by atoms with Crippen molar-refractivity contribution in [2.75, 3.05) is 11.5 Å². The third-order valence-electron chi connectivity index (χ3n) is 2.50. The van der Waals surface area contributed by atoms with E-state index in [1.165, 1.54) is 6.42 Å². The van der Waals surface area contributed by atoms with Gasteiger partial charge in [-0.15, -0.1) is 23.5 Å². The number of hydrazine groups is 1. The van der Waals surface area contributed by atoms with Crippen molar-refractivity contribution in [3.8, 4) is 0 Å². The van der Waals surface area contributed by atoms with Crippen LogP contribution in [0.3, 0.4) is 0 Å². The van der Waals surface area contributed by atoms with Gasteiger partial charge in [-0.05, 0) is 23.5 Å². The highest BCUT2D eigenvalue weighted by Gasteiger charge is 2.22. The van der Waals surface area contributed by atoms with E-state index >= 15 is 0 Å². The third-order valence-corrected chi connectivity index (χ3v) is 5.40. The molecular weight excluding hydrogens is 264 g/mol. The molecule has 5 heteroatoms. The van der Waals surface area contributed by atoms with E-state index < -0.39 is 0 Å². The van der Waals surface area contributed by atoms with Gasteiger partial charge in [-0.2, -0.15) is 0 Å². The summed E-state index contributed by atoms with van der Waals surface area (Å²) in [5.74, 6) is 2.14. The molecule has 2 rings (SSSR count). The molecule has 1 fully saturated rings. The first-order valence-corrected chi connectivity index (χ1v) is 7.90. The molecule has 18 heavy (non-hydrogen) atoms. The number of nitrogens with one attached hydrogen (secondary N) is 2. The van der Waals surface area contributed by atoms with Crippen molar-refractivity contribution in [3.05, 3.63) is 42.5 Å². The summed E-state index contributed by atoms with van der Waals surface area (Å²) in [4.78, 5) is 11.9. The Morgan fingerprint density at radius 1 is 1.17 bits per heavy atom. The number of amides is 1. The lowest BCUT2D eigenvalue weighted by Crippen LogP contribution is -2.41. The molecule has 1 aromatic rings. The molecule has 0 aliphatic carbocycles. The van der Waals surface area contributed by atoms with E-state index in [0.29, 0.717) is 5.70 Å². The standard InChI is InChI=1S/C13H16N2OS2/c1-10(11-6-3-2-4-7-11)14-15-12(16)13-17-8-5-9-18-13/h2-4,6-7,13-14H,1,5,8-9H2,(H,15,16). The van der Waals surface area contributed by atoms with Crippen molar-refractivity contribution >= 4 is 35.1 Å². The van der Waals surface area contributed by atoms with Crippen LogP contribution < -0.4 is 10.9 Å². The van der Waals surface area contributed by atoms with Gasteiger partial charge in [-0.3, -0.25) is 15.6 Å². The highest BCUT2D eigenvalue weighted by Crippen LogP contribution is 2.30. The Morgan fingerprint density at radius 3 is 2.50 bits per heavy atom. The summed E-state index contributed by atoms with van der Waals surface area (Å²) in [5, 5.41) is 0. The molecule has 0 unspecified atom stereocenters. The van der Waals surface area contributed by atoms with Crippen LogP contribution in [0.4, 0.5) is 0 Å². The Kier molecular flexibility index (Phi) is 5.01. The zero-order valence-electron chi connectivity index (χ0n) is 10.0. The van der Waals surface area contributed by atoms with Crippen molar-refractivity contribution in [3.63, 3.8) is 0 Å². The van der Waals surface area contributed by atoms with Gasteiger partial charge in [0.25, 0.3) is 5.91 Å². The second-order valence-corrected chi connectivity index (χ2v) is 6.61. The van der Waals surface area contributed by atoms with Crippen LogP contribution in [0.5, 0.6) is 0 Å². The Labute approximate surface area is 116 Å². The lowest BCUT2D eigenvalue weighted by atomic mass is 10.2. The van der Waals surface area contributed by atoms with Gasteiger partial charge in [0.15, 0.2) is 0 Å². The summed E-state index contributed by atoms with van der Waals surface area (Å²) in [6.45, 7) is 3.90. The van der Waals surface area contributed by atoms with E-state index in [1.54, 1.807) is 23.5 Å². The highest BCUT2D eigenvalue weighted by atomic mass is 32.2. The van der Waals surface area contributed by atoms with Crippen LogP contribution in [-0.4, -0.2) is 22.0 Å². The van der Waals surface area contributed by atoms with Gasteiger partial charge in [-0.1, -0.05) is 36.9 Å². The summed E-state index contributed by atoms with van der Waals surface area (Å²) in [6, 6.07) is 9.73. The molecule has 1 aliphatic heterocycles. The number of thioether (sulfide) groups is 2. The molecule has 0 radical (unpaired) electrons. The van der Waals surface area contributed by atoms with E-state index in [4.69, 9.17) is 0 Å². The maximum Gasteiger partial charge on any atom is 0.261 e. The first-order valence-electron chi connectivity index (χ1n) is 5.81. The van der Waals surface area contributed by atoms with Gasteiger partial charge >= 0.3 is 0 Å². The largest absolute Gasteiger partial charge is 0.299 e. The average molecular weight is 280 g/mol. The SMILES string of the molecule is C=C(NNC(=O)C1SCCCS1)c1ccccc1. The maximum atomic E-state index is 11.9. The quantitative estimate of drug-likeness (QED) is 0.831. The van der Waals surface area contributed by atoms with Gasteiger partial charge < -0.3 is 0 Å². The lowest BCUT2D eigenvalue weighted by Gasteiger charge is -2.21. The Morgan fingerprint density at radius 2 is 1.83 bits per heavy atom. The van der Waals surface area contributed by atoms with Crippen LogP contribution in [0, 0.1) is 0 Å². The van der Waals surface area contributed by atoms with Crippen molar-refractivity contribution in [1.29, 1.82) is 0 Å². The first kappa shape index (κ1) is 13.4. The summed E-state index contributed by atoms with van der Waals surface area (Å²) in [5.41, 5.74) is 7.27. The minimum Gasteiger partial charge on any atom is -0.299 e. The van der Waals surface area contributed by atoms with E-state index in [9.17, 15) is 4.79 Å². The minimum atomic E-state index is -0.00479. The predicted octanol–water partition coefficient (Wildman–Crippen LogP) is 2.47. The molecule has 1 aromatic carbocycles. The van der Waals surface area contributed by atoms with Gasteiger partial charge in [-0.25, -0.2) is 0 Å². The summed E-state index contributed by atoms with van der Waals surface area (Å²) < 4.78 is -0.00479. The van der Waals surface area contributed by atoms with Crippen LogP contribution in [0.15, 0.2) is 36.9 Å². The fraction of sp³-hybridized carbons (Fsp3) is 0.308. The monoisotopic (exact) mass is 280 g/mol. The van der Waals surface area contributed by atoms with Crippen LogP contribution in [0.25, 0.3) is 5.70 Å². The molecule has 1 saturated heterocycles. The van der Waals surface area contributed by atoms with Crippen LogP contribution in [0.2, 0.25) is 0 Å². The number of rotatable bonds is 4. The predicted molar refractivity (Wildman–Crippen MR) is 80.1 cm³/mol. The topological polar surface area (TPSA) is 41.1 Å². The summed E-state index contributed by atoms with van der Waals surface area (Å²) in [7, 11) is 0. The zero-order valence-corrected chi connectivity index (χ0v) is 11.7. The zero-order chi connectivity index (χ0) is 12.8. The Bertz CT molecular complexity index is 416. The normalized spacial score (nSPS) is 16.0. The van der Waals surface area contributed by atoms with Gasteiger partial charge in [0, 0.05) is 0 Å². The number of carbonyl (C=O) groups excluding carboxylic acids is 1. The molecular formula is C13H16N2OS2. The molecule has 1 aliphatic rings. The highest BCUT2D eigenvalue weighted by molar-refractivity contribution is 8.18. The molecule has 0 aromatic heterocycles. The van der Waals surface area contributed by atoms with E-state index in [2.05, 4.69) is 17.4 Å². The molecule has 96 valence electrons. The number of carbonyl (C=O) groups is 1. The van der Waals surface area contributed by atoms with Crippen molar-refractivity contribution < 1.29 is 4.79 Å². The lowest BCUT2D eigenvalue weighted by molar-refractivity contribution is -0.119. The van der Waals surface area contributed by atoms with E-state index in [-0.39, 0.29) is 10.5 Å². The van der Waals surface area contributed by atoms with Gasteiger partial charge in [0.2, 0.25) is 0 Å². The molecule has 3 nitrogen and oxygen atoms in total. The first-order chi connectivity index (χ1) is 8.77. The molecule has 0 spiro atoms. The summed E-state index contributed by atoms with van der Waals surface area (Å²) in [6.07, 6.45) is 1.18. The Balaban J connectivity index is 1.80. The van der Waals surface area contributed by atoms with E-state index in [0.717, 1.165) is 17.1 Å². The number of hydrogen-bond acceptors (Lipinski definition) is 4. The van der Waals surface area contributed by atoms with Gasteiger partial charge in [0.05, 0.1) is 5.70 Å². The fourth-order valence-electron chi connectivity index (χ4n) is 1.55. The molecule has 2 N–H and O–H groups in total. The van der Waals surface area contributed by atoms with Gasteiger partial charge in [0.1, 0.15) is 4.58 Å². The van der Waals surface area contributed by atoms with E-state index in [1.807, 2.05) is 30.3 Å². The molecule has 1 heterocycles. The smallest absolute Gasteiger partial charge is 0.261 e. The van der Waals surface area contributed by atoms with Crippen molar-refractivity contribution in [2.24, 2.45) is 0 Å². The van der Waals surface area contributed by atoms with Crippen LogP contribution >= 0.6 is 23.5 Å². The number of benzene rings is 1. The molecule has 0 saturated carbocycles. The fourth-order valence-corrected chi connectivity index (χ4v) is 4.16. The Hall–Kier alpha value is -1.07. The second kappa shape index (κ2) is 6.75. The van der Waals surface area contributed by atoms with Crippen molar-refractivity contribution in [1.82, 2.24) is 10.9 Å². The molecule has 0 atom stereocenters. The summed E-state index contributed by atoms with van der Waals surface area (Å²) >= 11 is 3.40. The minimum absolute atomic E-state index is 0.00479. The second-order valence-electron chi connectivity index (χ2n) is 3.89. The molecule has 0 bridgehead atoms. The van der Waals surface area contributed by atoms with Crippen LogP contribution in [0.1, 0.15) is 12.0 Å². The third kappa shape index (κ3) is 3.71. The van der Waals surface area contributed by atoms with Crippen molar-refractivity contribution in [2.45, 2.75) is 11.0 Å². The maximum absolute atomic E-state index is 11.9. The average Bonchev–Trinajstić information content (AvgIpc) is 2.46.